The van der Waals surface area contributed by atoms with E-state index in [4.69, 9.17) is 0 Å². The number of aromatic nitrogens is 2. The molecule has 3 rings (SSSR count). The number of benzene rings is 1. The number of nitrogens with one attached hydrogen (secondary N) is 1. The first-order chi connectivity index (χ1) is 8.75. The lowest BCUT2D eigenvalue weighted by Crippen LogP contribution is -2.03. The standard InChI is InChI=1S/C14H9BrN2O/c15-11-3-1-2-10-13(18)8-12(17-14(10)11)9-4-6-16-7-5-9/h1-8H,(H,17,18). The van der Waals surface area contributed by atoms with Gasteiger partial charge >= 0.3 is 0 Å². The topological polar surface area (TPSA) is 45.8 Å². The molecule has 0 amide bonds. The number of hydrogen-bond donors (Lipinski definition) is 1. The Kier molecular flexibility index (Phi) is 2.72. The summed E-state index contributed by atoms with van der Waals surface area (Å²) in [6.07, 6.45) is 3.41. The smallest absolute Gasteiger partial charge is 0.190 e. The molecule has 0 unspecified atom stereocenters. The zero-order valence-corrected chi connectivity index (χ0v) is 10.9. The number of aromatic amines is 1. The predicted molar refractivity (Wildman–Crippen MR) is 75.5 cm³/mol. The normalized spacial score (nSPS) is 10.7. The molecule has 3 aromatic rings. The van der Waals surface area contributed by atoms with Crippen molar-refractivity contribution in [2.45, 2.75) is 0 Å². The maximum Gasteiger partial charge on any atom is 0.190 e. The first kappa shape index (κ1) is 11.2. The summed E-state index contributed by atoms with van der Waals surface area (Å²) < 4.78 is 0.882. The van der Waals surface area contributed by atoms with Gasteiger partial charge < -0.3 is 4.98 Å². The maximum atomic E-state index is 12.1. The Balaban J connectivity index is 2.34. The number of fused-ring (bicyclic) bond motifs is 1. The molecule has 0 aliphatic heterocycles. The first-order valence-corrected chi connectivity index (χ1v) is 6.27. The van der Waals surface area contributed by atoms with Gasteiger partial charge in [-0.25, -0.2) is 0 Å². The van der Waals surface area contributed by atoms with Crippen LogP contribution < -0.4 is 5.43 Å². The number of rotatable bonds is 1. The van der Waals surface area contributed by atoms with Crippen LogP contribution >= 0.6 is 15.9 Å². The van der Waals surface area contributed by atoms with Gasteiger partial charge in [0.1, 0.15) is 0 Å². The molecule has 3 nitrogen and oxygen atoms in total. The molecule has 0 radical (unpaired) electrons. The van der Waals surface area contributed by atoms with Gasteiger partial charge in [0.25, 0.3) is 0 Å². The molecule has 0 spiro atoms. The molecule has 18 heavy (non-hydrogen) atoms. The molecule has 0 aliphatic rings. The Morgan fingerprint density at radius 3 is 2.67 bits per heavy atom. The molecule has 0 aliphatic carbocycles. The van der Waals surface area contributed by atoms with Crippen molar-refractivity contribution in [2.75, 3.05) is 0 Å². The number of para-hydroxylation sites is 1. The van der Waals surface area contributed by atoms with Gasteiger partial charge in [0.15, 0.2) is 5.43 Å². The highest BCUT2D eigenvalue weighted by atomic mass is 79.9. The number of nitrogens with zero attached hydrogens (tertiary/aromatic N) is 1. The highest BCUT2D eigenvalue weighted by Crippen LogP contribution is 2.23. The summed E-state index contributed by atoms with van der Waals surface area (Å²) in [6.45, 7) is 0. The third-order valence-corrected chi connectivity index (χ3v) is 3.47. The molecule has 0 bridgehead atoms. The van der Waals surface area contributed by atoms with E-state index >= 15 is 0 Å². The van der Waals surface area contributed by atoms with E-state index < -0.39 is 0 Å². The predicted octanol–water partition coefficient (Wildman–Crippen LogP) is 3.35. The van der Waals surface area contributed by atoms with Gasteiger partial charge in [-0.05, 0) is 40.2 Å². The third kappa shape index (κ3) is 1.84. The van der Waals surface area contributed by atoms with Crippen LogP contribution in [0.5, 0.6) is 0 Å². The molecule has 0 atom stereocenters. The Morgan fingerprint density at radius 2 is 1.89 bits per heavy atom. The van der Waals surface area contributed by atoms with Crippen LogP contribution in [0, 0.1) is 0 Å². The van der Waals surface area contributed by atoms with Crippen molar-refractivity contribution in [3.8, 4) is 11.3 Å². The Bertz CT molecular complexity index is 766. The molecule has 0 saturated heterocycles. The second-order valence-electron chi connectivity index (χ2n) is 3.95. The monoisotopic (exact) mass is 300 g/mol. The summed E-state index contributed by atoms with van der Waals surface area (Å²) in [7, 11) is 0. The largest absolute Gasteiger partial charge is 0.353 e. The summed E-state index contributed by atoms with van der Waals surface area (Å²) in [5.41, 5.74) is 2.57. The zero-order chi connectivity index (χ0) is 12.5. The molecule has 0 saturated carbocycles. The van der Waals surface area contributed by atoms with E-state index in [1.165, 1.54) is 0 Å². The quantitative estimate of drug-likeness (QED) is 0.749. The van der Waals surface area contributed by atoms with Crippen LogP contribution in [-0.4, -0.2) is 9.97 Å². The molecule has 2 aromatic heterocycles. The number of hydrogen-bond acceptors (Lipinski definition) is 2. The average Bonchev–Trinajstić information content (AvgIpc) is 2.41. The zero-order valence-electron chi connectivity index (χ0n) is 9.35. The van der Waals surface area contributed by atoms with Crippen molar-refractivity contribution < 1.29 is 0 Å². The van der Waals surface area contributed by atoms with Crippen LogP contribution in [0.1, 0.15) is 0 Å². The van der Waals surface area contributed by atoms with E-state index in [1.807, 2.05) is 30.3 Å². The Morgan fingerprint density at radius 1 is 1.11 bits per heavy atom. The van der Waals surface area contributed by atoms with Crippen LogP contribution in [0.4, 0.5) is 0 Å². The first-order valence-electron chi connectivity index (χ1n) is 5.47. The van der Waals surface area contributed by atoms with Crippen molar-refractivity contribution in [1.29, 1.82) is 0 Å². The van der Waals surface area contributed by atoms with E-state index in [1.54, 1.807) is 18.5 Å². The van der Waals surface area contributed by atoms with E-state index in [9.17, 15) is 4.79 Å². The SMILES string of the molecule is O=c1cc(-c2ccncc2)[nH]c2c(Br)cccc12. The fourth-order valence-corrected chi connectivity index (χ4v) is 2.39. The number of H-pyrrole nitrogens is 1. The Labute approximate surface area is 112 Å². The summed E-state index contributed by atoms with van der Waals surface area (Å²) >= 11 is 3.46. The van der Waals surface area contributed by atoms with Crippen LogP contribution in [0.15, 0.2) is 58.1 Å². The van der Waals surface area contributed by atoms with E-state index in [0.717, 1.165) is 21.2 Å². The minimum absolute atomic E-state index is 0.0110. The second kappa shape index (κ2) is 4.38. The van der Waals surface area contributed by atoms with E-state index in [-0.39, 0.29) is 5.43 Å². The van der Waals surface area contributed by atoms with Crippen molar-refractivity contribution in [3.05, 3.63) is 63.5 Å². The molecule has 0 fully saturated rings. The van der Waals surface area contributed by atoms with E-state index in [0.29, 0.717) is 5.39 Å². The van der Waals surface area contributed by atoms with Crippen LogP contribution in [0.2, 0.25) is 0 Å². The van der Waals surface area contributed by atoms with Gasteiger partial charge in [0.05, 0.1) is 5.52 Å². The molecule has 1 N–H and O–H groups in total. The lowest BCUT2D eigenvalue weighted by molar-refractivity contribution is 1.30. The molecular formula is C14H9BrN2O. The van der Waals surface area contributed by atoms with Crippen LogP contribution in [0.25, 0.3) is 22.2 Å². The van der Waals surface area contributed by atoms with Gasteiger partial charge in [0.2, 0.25) is 0 Å². The molecule has 1 aromatic carbocycles. The van der Waals surface area contributed by atoms with Crippen molar-refractivity contribution in [3.63, 3.8) is 0 Å². The second-order valence-corrected chi connectivity index (χ2v) is 4.80. The van der Waals surface area contributed by atoms with Crippen LogP contribution in [-0.2, 0) is 0 Å². The minimum Gasteiger partial charge on any atom is -0.353 e. The summed E-state index contributed by atoms with van der Waals surface area (Å²) in [5, 5.41) is 0.683. The fourth-order valence-electron chi connectivity index (χ4n) is 1.92. The number of halogens is 1. The highest BCUT2D eigenvalue weighted by Gasteiger charge is 2.06. The van der Waals surface area contributed by atoms with Gasteiger partial charge in [-0.3, -0.25) is 9.78 Å². The van der Waals surface area contributed by atoms with Crippen molar-refractivity contribution in [1.82, 2.24) is 9.97 Å². The number of pyridine rings is 2. The minimum atomic E-state index is 0.0110. The lowest BCUT2D eigenvalue weighted by Gasteiger charge is -2.05. The van der Waals surface area contributed by atoms with Gasteiger partial charge in [-0.2, -0.15) is 0 Å². The molecule has 88 valence electrons. The average molecular weight is 301 g/mol. The molecule has 4 heteroatoms. The summed E-state index contributed by atoms with van der Waals surface area (Å²) in [5.74, 6) is 0. The lowest BCUT2D eigenvalue weighted by atomic mass is 10.1. The summed E-state index contributed by atoms with van der Waals surface area (Å²) in [6, 6.07) is 10.9. The maximum absolute atomic E-state index is 12.1. The van der Waals surface area contributed by atoms with Crippen LogP contribution in [0.3, 0.4) is 0 Å². The van der Waals surface area contributed by atoms with Gasteiger partial charge in [0, 0.05) is 39.6 Å². The molecule has 2 heterocycles. The molecular weight excluding hydrogens is 292 g/mol. The van der Waals surface area contributed by atoms with Gasteiger partial charge in [-0.1, -0.05) is 6.07 Å². The third-order valence-electron chi connectivity index (χ3n) is 2.81. The highest BCUT2D eigenvalue weighted by molar-refractivity contribution is 9.10. The summed E-state index contributed by atoms with van der Waals surface area (Å²) in [4.78, 5) is 19.3. The van der Waals surface area contributed by atoms with Gasteiger partial charge in [-0.15, -0.1) is 0 Å². The van der Waals surface area contributed by atoms with E-state index in [2.05, 4.69) is 25.9 Å². The fraction of sp³-hybridized carbons (Fsp3) is 0. The Hall–Kier alpha value is -1.94. The van der Waals surface area contributed by atoms with Crippen molar-refractivity contribution in [2.24, 2.45) is 0 Å². The van der Waals surface area contributed by atoms with Crippen molar-refractivity contribution >= 4 is 26.8 Å².